The lowest BCUT2D eigenvalue weighted by Gasteiger charge is -2.26. The third-order valence-electron chi connectivity index (χ3n) is 3.16. The number of rotatable bonds is 7. The van der Waals surface area contributed by atoms with Crippen LogP contribution in [0.2, 0.25) is 0 Å². The fourth-order valence-electron chi connectivity index (χ4n) is 2.13. The van der Waals surface area contributed by atoms with Gasteiger partial charge in [-0.05, 0) is 32.6 Å². The molecule has 1 heterocycles. The maximum atomic E-state index is 11.9. The smallest absolute Gasteiger partial charge is 0.237 e. The fourth-order valence-corrected chi connectivity index (χ4v) is 3.34. The number of carbonyl (C=O) groups is 1. The molecule has 1 saturated heterocycles. The van der Waals surface area contributed by atoms with E-state index in [1.54, 1.807) is 13.8 Å². The first-order valence-corrected chi connectivity index (χ1v) is 8.58. The van der Waals surface area contributed by atoms with Gasteiger partial charge in [0.2, 0.25) is 15.9 Å². The molecular formula is C12H25N3O4S. The summed E-state index contributed by atoms with van der Waals surface area (Å²) >= 11 is 0. The van der Waals surface area contributed by atoms with Crippen molar-refractivity contribution in [2.75, 3.05) is 25.5 Å². The molecule has 1 rings (SSSR count). The number of ether oxygens (including phenoxy) is 1. The Labute approximate surface area is 120 Å². The number of hydrogen-bond donors (Lipinski definition) is 3. The molecule has 8 heteroatoms. The highest BCUT2D eigenvalue weighted by atomic mass is 32.2. The third-order valence-corrected chi connectivity index (χ3v) is 4.73. The molecule has 118 valence electrons. The van der Waals surface area contributed by atoms with E-state index in [1.807, 2.05) is 0 Å². The normalized spacial score (nSPS) is 19.0. The predicted octanol–water partition coefficient (Wildman–Crippen LogP) is -0.816. The van der Waals surface area contributed by atoms with Gasteiger partial charge in [0.25, 0.3) is 0 Å². The van der Waals surface area contributed by atoms with Crippen molar-refractivity contribution in [2.45, 2.75) is 38.8 Å². The summed E-state index contributed by atoms with van der Waals surface area (Å²) in [5, 5.41) is 2.59. The summed E-state index contributed by atoms with van der Waals surface area (Å²) in [7, 11) is -3.35. The van der Waals surface area contributed by atoms with Gasteiger partial charge in [0, 0.05) is 25.8 Å². The maximum Gasteiger partial charge on any atom is 0.237 e. The molecule has 1 aliphatic heterocycles. The Morgan fingerprint density at radius 1 is 1.35 bits per heavy atom. The van der Waals surface area contributed by atoms with Gasteiger partial charge in [0.05, 0.1) is 11.8 Å². The second-order valence-electron chi connectivity index (χ2n) is 5.36. The van der Waals surface area contributed by atoms with Gasteiger partial charge in [-0.25, -0.2) is 13.1 Å². The number of hydrogen-bond acceptors (Lipinski definition) is 5. The minimum atomic E-state index is -3.35. The minimum Gasteiger partial charge on any atom is -0.381 e. The Morgan fingerprint density at radius 3 is 2.50 bits per heavy atom. The largest absolute Gasteiger partial charge is 0.381 e. The van der Waals surface area contributed by atoms with E-state index in [0.29, 0.717) is 13.2 Å². The van der Waals surface area contributed by atoms with Gasteiger partial charge in [-0.2, -0.15) is 0 Å². The molecule has 1 unspecified atom stereocenters. The predicted molar refractivity (Wildman–Crippen MR) is 76.6 cm³/mol. The van der Waals surface area contributed by atoms with Crippen LogP contribution in [0.3, 0.4) is 0 Å². The molecule has 0 aromatic heterocycles. The van der Waals surface area contributed by atoms with Crippen LogP contribution in [0.4, 0.5) is 0 Å². The molecule has 1 amide bonds. The van der Waals surface area contributed by atoms with Crippen LogP contribution in [0.1, 0.15) is 26.7 Å². The minimum absolute atomic E-state index is 0.0673. The Bertz CT molecular complexity index is 405. The topological polar surface area (TPSA) is 111 Å². The van der Waals surface area contributed by atoms with E-state index in [-0.39, 0.29) is 30.2 Å². The van der Waals surface area contributed by atoms with Gasteiger partial charge in [0.15, 0.2) is 0 Å². The van der Waals surface area contributed by atoms with E-state index in [0.717, 1.165) is 12.8 Å². The lowest BCUT2D eigenvalue weighted by molar-refractivity contribution is -0.124. The third kappa shape index (κ3) is 6.17. The highest BCUT2D eigenvalue weighted by Crippen LogP contribution is 2.17. The number of carbonyl (C=O) groups excluding carboxylic acids is 1. The zero-order valence-electron chi connectivity index (χ0n) is 12.1. The van der Waals surface area contributed by atoms with Crippen LogP contribution >= 0.6 is 0 Å². The standard InChI is InChI=1S/C12H25N3O4S/c1-9(2)15-20(17,18)8-5-14-12(16)11(13)10-3-6-19-7-4-10/h9-11,15H,3-8,13H2,1-2H3,(H,14,16). The van der Waals surface area contributed by atoms with Crippen LogP contribution in [0.15, 0.2) is 0 Å². The van der Waals surface area contributed by atoms with Gasteiger partial charge in [-0.15, -0.1) is 0 Å². The van der Waals surface area contributed by atoms with E-state index in [4.69, 9.17) is 10.5 Å². The molecule has 0 aromatic rings. The quantitative estimate of drug-likeness (QED) is 0.569. The fraction of sp³-hybridized carbons (Fsp3) is 0.917. The Balaban J connectivity index is 2.32. The molecule has 0 spiro atoms. The van der Waals surface area contributed by atoms with Crippen LogP contribution in [-0.4, -0.2) is 51.9 Å². The summed E-state index contributed by atoms with van der Waals surface area (Å²) in [6.07, 6.45) is 1.53. The summed E-state index contributed by atoms with van der Waals surface area (Å²) in [6, 6.07) is -0.750. The van der Waals surface area contributed by atoms with Crippen molar-refractivity contribution >= 4 is 15.9 Å². The van der Waals surface area contributed by atoms with Gasteiger partial charge in [-0.3, -0.25) is 4.79 Å². The summed E-state index contributed by atoms with van der Waals surface area (Å²) in [5.74, 6) is -0.331. The maximum absolute atomic E-state index is 11.9. The molecule has 1 atom stereocenters. The van der Waals surface area contributed by atoms with Crippen LogP contribution in [-0.2, 0) is 19.6 Å². The highest BCUT2D eigenvalue weighted by Gasteiger charge is 2.26. The molecule has 0 saturated carbocycles. The number of sulfonamides is 1. The highest BCUT2D eigenvalue weighted by molar-refractivity contribution is 7.89. The van der Waals surface area contributed by atoms with Crippen molar-refractivity contribution in [3.8, 4) is 0 Å². The Kier molecular flexibility index (Phi) is 6.87. The Morgan fingerprint density at radius 2 is 1.95 bits per heavy atom. The van der Waals surface area contributed by atoms with E-state index in [2.05, 4.69) is 10.0 Å². The first-order chi connectivity index (χ1) is 9.32. The average Bonchev–Trinajstić information content (AvgIpc) is 2.37. The zero-order chi connectivity index (χ0) is 15.2. The van der Waals surface area contributed by atoms with Crippen molar-refractivity contribution in [2.24, 2.45) is 11.7 Å². The molecular weight excluding hydrogens is 282 g/mol. The van der Waals surface area contributed by atoms with Crippen LogP contribution < -0.4 is 15.8 Å². The number of nitrogens with two attached hydrogens (primary N) is 1. The SMILES string of the molecule is CC(C)NS(=O)(=O)CCNC(=O)C(N)C1CCOCC1. The monoisotopic (exact) mass is 307 g/mol. The van der Waals surface area contributed by atoms with Crippen molar-refractivity contribution in [1.82, 2.24) is 10.0 Å². The number of amides is 1. The van der Waals surface area contributed by atoms with E-state index < -0.39 is 16.1 Å². The van der Waals surface area contributed by atoms with Gasteiger partial charge < -0.3 is 15.8 Å². The summed E-state index contributed by atoms with van der Waals surface area (Å²) < 4.78 is 30.8. The average molecular weight is 307 g/mol. The first-order valence-electron chi connectivity index (χ1n) is 6.93. The molecule has 4 N–H and O–H groups in total. The van der Waals surface area contributed by atoms with E-state index in [9.17, 15) is 13.2 Å². The van der Waals surface area contributed by atoms with E-state index >= 15 is 0 Å². The summed E-state index contributed by atoms with van der Waals surface area (Å²) in [4.78, 5) is 11.9. The lowest BCUT2D eigenvalue weighted by atomic mass is 9.92. The zero-order valence-corrected chi connectivity index (χ0v) is 12.9. The lowest BCUT2D eigenvalue weighted by Crippen LogP contribution is -2.48. The molecule has 1 aliphatic rings. The molecule has 1 fully saturated rings. The molecule has 0 radical (unpaired) electrons. The second-order valence-corrected chi connectivity index (χ2v) is 7.23. The number of nitrogens with one attached hydrogen (secondary N) is 2. The van der Waals surface area contributed by atoms with Crippen LogP contribution in [0.5, 0.6) is 0 Å². The van der Waals surface area contributed by atoms with Crippen molar-refractivity contribution in [3.63, 3.8) is 0 Å². The molecule has 0 aromatic carbocycles. The molecule has 20 heavy (non-hydrogen) atoms. The van der Waals surface area contributed by atoms with Crippen LogP contribution in [0, 0.1) is 5.92 Å². The second kappa shape index (κ2) is 7.92. The van der Waals surface area contributed by atoms with Crippen molar-refractivity contribution < 1.29 is 17.9 Å². The van der Waals surface area contributed by atoms with Crippen molar-refractivity contribution in [3.05, 3.63) is 0 Å². The Hall–Kier alpha value is -0.700. The van der Waals surface area contributed by atoms with Gasteiger partial charge in [-0.1, -0.05) is 0 Å². The molecule has 0 aliphatic carbocycles. The summed E-state index contributed by atoms with van der Waals surface area (Å²) in [5.41, 5.74) is 5.89. The first kappa shape index (κ1) is 17.4. The van der Waals surface area contributed by atoms with Crippen molar-refractivity contribution in [1.29, 1.82) is 0 Å². The molecule has 7 nitrogen and oxygen atoms in total. The van der Waals surface area contributed by atoms with Gasteiger partial charge >= 0.3 is 0 Å². The van der Waals surface area contributed by atoms with E-state index in [1.165, 1.54) is 0 Å². The van der Waals surface area contributed by atoms with Gasteiger partial charge in [0.1, 0.15) is 0 Å². The summed E-state index contributed by atoms with van der Waals surface area (Å²) in [6.45, 7) is 4.81. The van der Waals surface area contributed by atoms with Crippen LogP contribution in [0.25, 0.3) is 0 Å². The molecule has 0 bridgehead atoms.